The van der Waals surface area contributed by atoms with E-state index in [4.69, 9.17) is 0 Å². The molecule has 1 fully saturated rings. The van der Waals surface area contributed by atoms with Crippen LogP contribution in [0.15, 0.2) is 0 Å². The predicted octanol–water partition coefficient (Wildman–Crippen LogP) is 3.35. The Kier molecular flexibility index (Phi) is 29.6. The van der Waals surface area contributed by atoms with Gasteiger partial charge in [0.2, 0.25) is 65.0 Å². The zero-order valence-corrected chi connectivity index (χ0v) is 53.9. The molecule has 0 spiro atoms. The zero-order chi connectivity index (χ0) is 63.0. The lowest BCUT2D eigenvalue weighted by atomic mass is 9.95. The second kappa shape index (κ2) is 32.7. The third-order valence-corrected chi connectivity index (χ3v) is 15.2. The second-order valence-corrected chi connectivity index (χ2v) is 25.5. The summed E-state index contributed by atoms with van der Waals surface area (Å²) < 4.78 is 0. The SMILES string of the molecule is CC[C@@H]1NC(=O)[C@H](CC(C)C)N(C)C(=O)[C@H](C(C)C)N(C)C(=O)[C@H](CC(C)C)N(C)C(=O)[C@H](CC(C)C)N(C)C(=O)[C@@H](C)NC(=O)[C@H](C)NC(=O)[C@@H](CC(C)C)N(C)C(=O)[C@@H](C(C)C)NC(=O)[C@@H](CC(C)C)N(C)C(=O)CN(C)C1=O. The molecule has 0 unspecified atom stereocenters. The first-order chi connectivity index (χ1) is 37.2. The number of amides is 11. The number of hydrogen-bond acceptors (Lipinski definition) is 11. The highest BCUT2D eigenvalue weighted by molar-refractivity contribution is 5.99. The van der Waals surface area contributed by atoms with Gasteiger partial charge in [0.1, 0.15) is 60.4 Å². The van der Waals surface area contributed by atoms with E-state index in [2.05, 4.69) is 21.3 Å². The van der Waals surface area contributed by atoms with Crippen LogP contribution in [0.25, 0.3) is 0 Å². The van der Waals surface area contributed by atoms with E-state index in [1.807, 2.05) is 69.2 Å². The molecule has 0 bridgehead atoms. The van der Waals surface area contributed by atoms with Gasteiger partial charge in [-0.2, -0.15) is 0 Å². The first kappa shape index (κ1) is 73.2. The Morgan fingerprint density at radius 2 is 0.716 bits per heavy atom. The number of hydrogen-bond donors (Lipinski definition) is 4. The van der Waals surface area contributed by atoms with Crippen LogP contribution < -0.4 is 21.3 Å². The van der Waals surface area contributed by atoms with Gasteiger partial charge in [-0.15, -0.1) is 0 Å². The zero-order valence-electron chi connectivity index (χ0n) is 53.9. The first-order valence-electron chi connectivity index (χ1n) is 29.3. The minimum atomic E-state index is -1.21. The molecule has 1 rings (SSSR count). The highest BCUT2D eigenvalue weighted by Crippen LogP contribution is 2.25. The van der Waals surface area contributed by atoms with Gasteiger partial charge in [-0.3, -0.25) is 52.7 Å². The summed E-state index contributed by atoms with van der Waals surface area (Å²) in [5.41, 5.74) is 0. The van der Waals surface area contributed by atoms with Gasteiger partial charge in [-0.25, -0.2) is 0 Å². The van der Waals surface area contributed by atoms with Crippen molar-refractivity contribution in [2.24, 2.45) is 41.4 Å². The Balaban J connectivity index is 4.20. The fourth-order valence-corrected chi connectivity index (χ4v) is 10.2. The van der Waals surface area contributed by atoms with Gasteiger partial charge in [-0.05, 0) is 93.8 Å². The monoisotopic (exact) mass is 1150 g/mol. The van der Waals surface area contributed by atoms with Crippen LogP contribution in [0.4, 0.5) is 0 Å². The van der Waals surface area contributed by atoms with Gasteiger partial charge >= 0.3 is 0 Å². The average molecular weight is 1150 g/mol. The van der Waals surface area contributed by atoms with E-state index in [0.29, 0.717) is 0 Å². The van der Waals surface area contributed by atoms with Gasteiger partial charge < -0.3 is 55.6 Å². The van der Waals surface area contributed by atoms with E-state index < -0.39 is 144 Å². The molecule has 1 aliphatic heterocycles. The van der Waals surface area contributed by atoms with Crippen LogP contribution in [0.2, 0.25) is 0 Å². The fourth-order valence-electron chi connectivity index (χ4n) is 10.2. The molecule has 22 nitrogen and oxygen atoms in total. The lowest BCUT2D eigenvalue weighted by Gasteiger charge is -2.41. The van der Waals surface area contributed by atoms with Crippen LogP contribution in [0.1, 0.15) is 156 Å². The molecule has 1 heterocycles. The van der Waals surface area contributed by atoms with Crippen LogP contribution in [-0.2, 0) is 52.7 Å². The topological polar surface area (TPSA) is 259 Å². The third-order valence-electron chi connectivity index (χ3n) is 15.2. The maximum atomic E-state index is 15.0. The fraction of sp³-hybridized carbons (Fsp3) is 0.814. The molecule has 0 aromatic heterocycles. The van der Waals surface area contributed by atoms with Gasteiger partial charge in [0.05, 0.1) is 6.54 Å². The van der Waals surface area contributed by atoms with Gasteiger partial charge in [0.15, 0.2) is 0 Å². The minimum Gasteiger partial charge on any atom is -0.343 e. The Labute approximate surface area is 485 Å². The Bertz CT molecular complexity index is 2180. The molecule has 1 aliphatic rings. The molecule has 1 saturated heterocycles. The Morgan fingerprint density at radius 3 is 1.12 bits per heavy atom. The normalized spacial score (nSPS) is 26.8. The smallest absolute Gasteiger partial charge is 0.246 e. The third kappa shape index (κ3) is 20.8. The quantitative estimate of drug-likeness (QED) is 0.208. The van der Waals surface area contributed by atoms with Crippen LogP contribution in [0.5, 0.6) is 0 Å². The van der Waals surface area contributed by atoms with Crippen molar-refractivity contribution in [1.29, 1.82) is 0 Å². The molecule has 0 radical (unpaired) electrons. The van der Waals surface area contributed by atoms with Gasteiger partial charge in [0, 0.05) is 49.3 Å². The summed E-state index contributed by atoms with van der Waals surface area (Å²) in [6.07, 6.45) is 1.04. The standard InChI is InChI=1S/C59H107N11O11/c1-25-41-55(77)64(18)31-47(71)65(19)42(26-32(2)3)53(75)63-48(37(12)13)58(80)66(20)43(27-33(4)5)51(73)60-39(16)50(72)61-40(17)54(76)68(22)45(29-35(8)9)56(78)69(23)46(30-36(10)11)57(79)70(24)49(38(14)15)59(81)67(21)44(28-34(6)7)52(74)62-41/h32-46,48-49H,25-31H2,1-24H3,(H,60,73)(H,61,72)(H,62,74)(H,63,75)/t39-,40+,41-,42+,43+,44-,45-,46-,48+,49-/m0/s1. The Hall–Kier alpha value is -5.83. The van der Waals surface area contributed by atoms with E-state index in [1.165, 1.54) is 97.5 Å². The molecule has 0 aromatic rings. The predicted molar refractivity (Wildman–Crippen MR) is 313 cm³/mol. The number of carbonyl (C=O) groups is 11. The molecule has 11 amide bonds. The van der Waals surface area contributed by atoms with Gasteiger partial charge in [-0.1, -0.05) is 104 Å². The summed E-state index contributed by atoms with van der Waals surface area (Å²) in [5.74, 6) is -8.23. The molecule has 464 valence electrons. The average Bonchev–Trinajstić information content (AvgIpc) is 3.37. The van der Waals surface area contributed by atoms with Crippen molar-refractivity contribution in [3.8, 4) is 0 Å². The summed E-state index contributed by atoms with van der Waals surface area (Å²) >= 11 is 0. The lowest BCUT2D eigenvalue weighted by molar-refractivity contribution is -0.156. The molecular weight excluding hydrogens is 1040 g/mol. The molecule has 4 N–H and O–H groups in total. The molecule has 81 heavy (non-hydrogen) atoms. The summed E-state index contributed by atoms with van der Waals surface area (Å²) in [5, 5.41) is 11.1. The molecule has 10 atom stereocenters. The van der Waals surface area contributed by atoms with E-state index in [9.17, 15) is 52.7 Å². The highest BCUT2D eigenvalue weighted by Gasteiger charge is 2.44. The van der Waals surface area contributed by atoms with E-state index in [0.717, 1.165) is 0 Å². The van der Waals surface area contributed by atoms with Crippen molar-refractivity contribution in [2.45, 2.75) is 217 Å². The van der Waals surface area contributed by atoms with E-state index in [1.54, 1.807) is 34.6 Å². The molecule has 0 aromatic carbocycles. The van der Waals surface area contributed by atoms with E-state index in [-0.39, 0.29) is 68.1 Å². The van der Waals surface area contributed by atoms with Crippen molar-refractivity contribution < 1.29 is 52.7 Å². The summed E-state index contributed by atoms with van der Waals surface area (Å²) in [6, 6.07) is -11.3. The van der Waals surface area contributed by atoms with Crippen molar-refractivity contribution in [2.75, 3.05) is 55.9 Å². The van der Waals surface area contributed by atoms with E-state index >= 15 is 0 Å². The summed E-state index contributed by atoms with van der Waals surface area (Å²) in [6.45, 7) is 30.0. The molecule has 0 saturated carbocycles. The largest absolute Gasteiger partial charge is 0.343 e. The minimum absolute atomic E-state index is 0.109. The maximum absolute atomic E-state index is 15.0. The maximum Gasteiger partial charge on any atom is 0.246 e. The van der Waals surface area contributed by atoms with Crippen molar-refractivity contribution in [1.82, 2.24) is 55.6 Å². The second-order valence-electron chi connectivity index (χ2n) is 25.5. The highest BCUT2D eigenvalue weighted by atomic mass is 16.2. The van der Waals surface area contributed by atoms with Crippen molar-refractivity contribution in [3.05, 3.63) is 0 Å². The van der Waals surface area contributed by atoms with Crippen LogP contribution in [0.3, 0.4) is 0 Å². The summed E-state index contributed by atoms with van der Waals surface area (Å²) in [7, 11) is 10.2. The molecule has 22 heteroatoms. The number of rotatable bonds is 13. The number of carbonyl (C=O) groups excluding carboxylic acids is 11. The molecular formula is C59H107N11O11. The number of nitrogens with zero attached hydrogens (tertiary/aromatic N) is 7. The van der Waals surface area contributed by atoms with Crippen molar-refractivity contribution in [3.63, 3.8) is 0 Å². The number of likely N-dealkylation sites (N-methyl/N-ethyl adjacent to an activating group) is 7. The Morgan fingerprint density at radius 1 is 0.370 bits per heavy atom. The summed E-state index contributed by atoms with van der Waals surface area (Å²) in [4.78, 5) is 168. The lowest BCUT2D eigenvalue weighted by Crippen LogP contribution is -2.61. The number of nitrogens with one attached hydrogen (secondary N) is 4. The van der Waals surface area contributed by atoms with Crippen LogP contribution in [0, 0.1) is 41.4 Å². The van der Waals surface area contributed by atoms with Crippen LogP contribution >= 0.6 is 0 Å². The first-order valence-corrected chi connectivity index (χ1v) is 29.3. The van der Waals surface area contributed by atoms with Crippen LogP contribution in [-0.4, -0.2) is 216 Å². The van der Waals surface area contributed by atoms with Gasteiger partial charge in [0.25, 0.3) is 0 Å². The molecule has 0 aliphatic carbocycles. The van der Waals surface area contributed by atoms with Crippen molar-refractivity contribution >= 4 is 65.0 Å².